The number of rotatable bonds is 5. The minimum Gasteiger partial charge on any atom is -0.477 e. The van der Waals surface area contributed by atoms with Crippen molar-refractivity contribution in [3.05, 3.63) is 34.7 Å². The van der Waals surface area contributed by atoms with Crippen LogP contribution in [0.4, 0.5) is 0 Å². The Bertz CT molecular complexity index is 573. The SMILES string of the molecule is CC1=C(CCOc2cc(C)c(C)cn2)N=NC1C1CC1. The molecule has 106 valence electrons. The lowest BCUT2D eigenvalue weighted by molar-refractivity contribution is 0.308. The molecule has 3 rings (SSSR count). The number of hydrogen-bond acceptors (Lipinski definition) is 4. The Morgan fingerprint density at radius 2 is 2.00 bits per heavy atom. The largest absolute Gasteiger partial charge is 0.477 e. The highest BCUT2D eigenvalue weighted by Gasteiger charge is 2.35. The van der Waals surface area contributed by atoms with Crippen LogP contribution in [0.2, 0.25) is 0 Å². The average molecular weight is 271 g/mol. The van der Waals surface area contributed by atoms with Gasteiger partial charge in [0.05, 0.1) is 18.3 Å². The molecule has 1 aromatic heterocycles. The molecular formula is C16H21N3O. The summed E-state index contributed by atoms with van der Waals surface area (Å²) < 4.78 is 5.72. The van der Waals surface area contributed by atoms with E-state index >= 15 is 0 Å². The first-order valence-corrected chi connectivity index (χ1v) is 7.31. The molecule has 0 radical (unpaired) electrons. The topological polar surface area (TPSA) is 46.8 Å². The van der Waals surface area contributed by atoms with Gasteiger partial charge >= 0.3 is 0 Å². The number of nitrogens with zero attached hydrogens (tertiary/aromatic N) is 3. The summed E-state index contributed by atoms with van der Waals surface area (Å²) in [4.78, 5) is 4.28. The van der Waals surface area contributed by atoms with E-state index in [9.17, 15) is 0 Å². The number of ether oxygens (including phenoxy) is 1. The second kappa shape index (κ2) is 5.35. The number of azo groups is 1. The van der Waals surface area contributed by atoms with Crippen molar-refractivity contribution < 1.29 is 4.74 Å². The molecule has 1 atom stereocenters. The highest BCUT2D eigenvalue weighted by molar-refractivity contribution is 5.27. The van der Waals surface area contributed by atoms with Crippen LogP contribution in [0.15, 0.2) is 33.8 Å². The van der Waals surface area contributed by atoms with Gasteiger partial charge < -0.3 is 4.74 Å². The maximum absolute atomic E-state index is 5.72. The van der Waals surface area contributed by atoms with Gasteiger partial charge in [0, 0.05) is 18.7 Å². The molecule has 1 aromatic rings. The van der Waals surface area contributed by atoms with E-state index in [1.165, 1.54) is 29.5 Å². The van der Waals surface area contributed by atoms with Crippen molar-refractivity contribution in [1.82, 2.24) is 4.98 Å². The summed E-state index contributed by atoms with van der Waals surface area (Å²) in [6.45, 7) is 6.89. The highest BCUT2D eigenvalue weighted by Crippen LogP contribution is 2.41. The quantitative estimate of drug-likeness (QED) is 0.813. The second-order valence-corrected chi connectivity index (χ2v) is 5.83. The minimum absolute atomic E-state index is 0.352. The zero-order chi connectivity index (χ0) is 14.1. The van der Waals surface area contributed by atoms with Gasteiger partial charge in [-0.3, -0.25) is 0 Å². The first-order chi connectivity index (χ1) is 9.65. The van der Waals surface area contributed by atoms with E-state index < -0.39 is 0 Å². The lowest BCUT2D eigenvalue weighted by atomic mass is 10.0. The van der Waals surface area contributed by atoms with Crippen LogP contribution < -0.4 is 4.74 Å². The van der Waals surface area contributed by atoms with E-state index in [4.69, 9.17) is 4.74 Å². The summed E-state index contributed by atoms with van der Waals surface area (Å²) in [6, 6.07) is 2.34. The van der Waals surface area contributed by atoms with Crippen LogP contribution in [0.1, 0.15) is 37.3 Å². The molecule has 1 fully saturated rings. The molecule has 1 aliphatic carbocycles. The third-order valence-corrected chi connectivity index (χ3v) is 4.21. The van der Waals surface area contributed by atoms with Crippen LogP contribution in [-0.4, -0.2) is 17.6 Å². The van der Waals surface area contributed by atoms with E-state index in [0.29, 0.717) is 18.5 Å². The fraction of sp³-hybridized carbons (Fsp3) is 0.562. The van der Waals surface area contributed by atoms with Crippen molar-refractivity contribution in [3.63, 3.8) is 0 Å². The average Bonchev–Trinajstić information content (AvgIpc) is 3.20. The molecule has 2 heterocycles. The summed E-state index contributed by atoms with van der Waals surface area (Å²) in [5, 5.41) is 8.72. The Hall–Kier alpha value is -1.71. The van der Waals surface area contributed by atoms with Gasteiger partial charge in [-0.05, 0) is 56.2 Å². The highest BCUT2D eigenvalue weighted by atomic mass is 16.5. The summed E-state index contributed by atoms with van der Waals surface area (Å²) in [7, 11) is 0. The van der Waals surface area contributed by atoms with Gasteiger partial charge in [0.25, 0.3) is 0 Å². The lowest BCUT2D eigenvalue weighted by Crippen LogP contribution is -2.07. The Morgan fingerprint density at radius 3 is 2.70 bits per heavy atom. The molecule has 1 aliphatic heterocycles. The summed E-state index contributed by atoms with van der Waals surface area (Å²) in [5.74, 6) is 1.44. The van der Waals surface area contributed by atoms with E-state index in [1.807, 2.05) is 12.3 Å². The van der Waals surface area contributed by atoms with Crippen LogP contribution in [0.3, 0.4) is 0 Å². The number of hydrogen-bond donors (Lipinski definition) is 0. The molecule has 0 amide bonds. The molecule has 4 heteroatoms. The molecule has 4 nitrogen and oxygen atoms in total. The maximum Gasteiger partial charge on any atom is 0.213 e. The van der Waals surface area contributed by atoms with Crippen LogP contribution in [0.5, 0.6) is 5.88 Å². The molecule has 2 aliphatic rings. The van der Waals surface area contributed by atoms with Gasteiger partial charge in [0.2, 0.25) is 5.88 Å². The first kappa shape index (κ1) is 13.3. The maximum atomic E-state index is 5.72. The lowest BCUT2D eigenvalue weighted by Gasteiger charge is -2.08. The van der Waals surface area contributed by atoms with Gasteiger partial charge in [-0.15, -0.1) is 0 Å². The predicted molar refractivity (Wildman–Crippen MR) is 77.9 cm³/mol. The monoisotopic (exact) mass is 271 g/mol. The van der Waals surface area contributed by atoms with E-state index in [2.05, 4.69) is 36.0 Å². The summed E-state index contributed by atoms with van der Waals surface area (Å²) in [6.07, 6.45) is 5.27. The third-order valence-electron chi connectivity index (χ3n) is 4.21. The molecule has 0 saturated heterocycles. The second-order valence-electron chi connectivity index (χ2n) is 5.83. The number of aromatic nitrogens is 1. The molecule has 20 heavy (non-hydrogen) atoms. The molecule has 0 spiro atoms. The van der Waals surface area contributed by atoms with Crippen molar-refractivity contribution in [1.29, 1.82) is 0 Å². The zero-order valence-electron chi connectivity index (χ0n) is 12.4. The molecule has 0 bridgehead atoms. The Balaban J connectivity index is 1.55. The summed E-state index contributed by atoms with van der Waals surface area (Å²) >= 11 is 0. The molecule has 0 N–H and O–H groups in total. The summed E-state index contributed by atoms with van der Waals surface area (Å²) in [5.41, 5.74) is 4.84. The van der Waals surface area contributed by atoms with E-state index in [0.717, 1.165) is 18.0 Å². The zero-order valence-corrected chi connectivity index (χ0v) is 12.4. The number of pyridine rings is 1. The normalized spacial score (nSPS) is 21.6. The van der Waals surface area contributed by atoms with Crippen LogP contribution in [0.25, 0.3) is 0 Å². The molecular weight excluding hydrogens is 250 g/mol. The Morgan fingerprint density at radius 1 is 1.20 bits per heavy atom. The third kappa shape index (κ3) is 2.74. The Kier molecular flexibility index (Phi) is 3.55. The smallest absolute Gasteiger partial charge is 0.213 e. The molecule has 1 unspecified atom stereocenters. The standard InChI is InChI=1S/C16H21N3O/c1-10-8-15(17-9-11(10)2)20-7-6-14-12(3)16(19-18-14)13-4-5-13/h8-9,13,16H,4-7H2,1-3H3. The van der Waals surface area contributed by atoms with Crippen LogP contribution >= 0.6 is 0 Å². The van der Waals surface area contributed by atoms with Gasteiger partial charge in [-0.1, -0.05) is 0 Å². The van der Waals surface area contributed by atoms with Crippen LogP contribution in [0, 0.1) is 19.8 Å². The van der Waals surface area contributed by atoms with Gasteiger partial charge in [-0.25, -0.2) is 4.98 Å². The van der Waals surface area contributed by atoms with E-state index in [1.54, 1.807) is 0 Å². The van der Waals surface area contributed by atoms with Crippen LogP contribution in [-0.2, 0) is 0 Å². The van der Waals surface area contributed by atoms with E-state index in [-0.39, 0.29) is 0 Å². The molecule has 1 saturated carbocycles. The van der Waals surface area contributed by atoms with Gasteiger partial charge in [0.15, 0.2) is 0 Å². The van der Waals surface area contributed by atoms with Gasteiger partial charge in [-0.2, -0.15) is 10.2 Å². The van der Waals surface area contributed by atoms with Crippen molar-refractivity contribution in [2.45, 2.75) is 46.1 Å². The van der Waals surface area contributed by atoms with Crippen molar-refractivity contribution in [3.8, 4) is 5.88 Å². The minimum atomic E-state index is 0.352. The van der Waals surface area contributed by atoms with Crippen molar-refractivity contribution in [2.24, 2.45) is 16.1 Å². The van der Waals surface area contributed by atoms with Gasteiger partial charge in [0.1, 0.15) is 0 Å². The van der Waals surface area contributed by atoms with Crippen molar-refractivity contribution >= 4 is 0 Å². The predicted octanol–water partition coefficient (Wildman–Crippen LogP) is 3.99. The fourth-order valence-electron chi connectivity index (χ4n) is 2.50. The fourth-order valence-corrected chi connectivity index (χ4v) is 2.50. The first-order valence-electron chi connectivity index (χ1n) is 7.31. The Labute approximate surface area is 120 Å². The molecule has 0 aromatic carbocycles. The number of aryl methyl sites for hydroxylation is 2. The van der Waals surface area contributed by atoms with Crippen molar-refractivity contribution in [2.75, 3.05) is 6.61 Å².